The van der Waals surface area contributed by atoms with Crippen LogP contribution >= 0.6 is 11.5 Å². The third-order valence-corrected chi connectivity index (χ3v) is 3.55. The van der Waals surface area contributed by atoms with Crippen molar-refractivity contribution >= 4 is 21.6 Å². The van der Waals surface area contributed by atoms with Gasteiger partial charge in [-0.3, -0.25) is 0 Å². The Kier molecular flexibility index (Phi) is 2.31. The molecule has 1 heterocycles. The van der Waals surface area contributed by atoms with E-state index in [0.29, 0.717) is 5.92 Å². The molecule has 0 radical (unpaired) electrons. The fraction of sp³-hybridized carbons (Fsp3) is 0.417. The van der Waals surface area contributed by atoms with Gasteiger partial charge in [-0.05, 0) is 48.5 Å². The molecule has 1 aromatic carbocycles. The summed E-state index contributed by atoms with van der Waals surface area (Å²) in [5, 5.41) is 1.38. The molecule has 0 amide bonds. The predicted molar refractivity (Wildman–Crippen MR) is 63.2 cm³/mol. The second kappa shape index (κ2) is 3.35. The predicted octanol–water partition coefficient (Wildman–Crippen LogP) is 4.04. The van der Waals surface area contributed by atoms with Crippen LogP contribution in [0, 0.1) is 13.8 Å². The van der Waals surface area contributed by atoms with Gasteiger partial charge in [0.1, 0.15) is 0 Å². The molecule has 0 aliphatic heterocycles. The highest BCUT2D eigenvalue weighted by atomic mass is 32.1. The largest absolute Gasteiger partial charge is 0.197 e. The molecule has 74 valence electrons. The Morgan fingerprint density at radius 1 is 1.21 bits per heavy atom. The lowest BCUT2D eigenvalue weighted by Crippen LogP contribution is -1.93. The van der Waals surface area contributed by atoms with E-state index in [1.54, 1.807) is 11.5 Å². The fourth-order valence-electron chi connectivity index (χ4n) is 2.06. The first-order valence-electron chi connectivity index (χ1n) is 4.96. The number of hydrogen-bond acceptors (Lipinski definition) is 2. The zero-order valence-corrected chi connectivity index (χ0v) is 9.90. The highest BCUT2D eigenvalue weighted by molar-refractivity contribution is 7.13. The van der Waals surface area contributed by atoms with Gasteiger partial charge in [0.25, 0.3) is 0 Å². The van der Waals surface area contributed by atoms with Crippen molar-refractivity contribution in [2.45, 2.75) is 33.6 Å². The van der Waals surface area contributed by atoms with Crippen LogP contribution in [0.1, 0.15) is 36.6 Å². The Balaban J connectivity index is 2.87. The molecular formula is C12H15NS. The first-order valence-corrected chi connectivity index (χ1v) is 5.74. The summed E-state index contributed by atoms with van der Waals surface area (Å²) in [7, 11) is 0. The Morgan fingerprint density at radius 3 is 2.57 bits per heavy atom. The topological polar surface area (TPSA) is 12.9 Å². The van der Waals surface area contributed by atoms with Gasteiger partial charge in [-0.1, -0.05) is 19.9 Å². The summed E-state index contributed by atoms with van der Waals surface area (Å²) in [6.07, 6.45) is 0. The van der Waals surface area contributed by atoms with Crippen molar-refractivity contribution in [1.29, 1.82) is 0 Å². The first kappa shape index (κ1) is 9.66. The van der Waals surface area contributed by atoms with E-state index < -0.39 is 0 Å². The van der Waals surface area contributed by atoms with Crippen molar-refractivity contribution in [2.24, 2.45) is 0 Å². The lowest BCUT2D eigenvalue weighted by Gasteiger charge is -2.11. The van der Waals surface area contributed by atoms with Crippen molar-refractivity contribution in [3.63, 3.8) is 0 Å². The van der Waals surface area contributed by atoms with E-state index in [2.05, 4.69) is 44.2 Å². The minimum atomic E-state index is 0.578. The summed E-state index contributed by atoms with van der Waals surface area (Å²) in [6, 6.07) is 4.39. The standard InChI is InChI=1S/C12H15NS/c1-7(2)11-8(3)5-6-10-12(11)9(4)13-14-10/h5-7H,1-4H3. The van der Waals surface area contributed by atoms with Crippen LogP contribution in [0.15, 0.2) is 12.1 Å². The summed E-state index contributed by atoms with van der Waals surface area (Å²) >= 11 is 1.60. The molecule has 1 nitrogen and oxygen atoms in total. The third-order valence-electron chi connectivity index (χ3n) is 2.65. The number of hydrogen-bond donors (Lipinski definition) is 0. The zero-order chi connectivity index (χ0) is 10.3. The molecule has 0 atom stereocenters. The summed E-state index contributed by atoms with van der Waals surface area (Å²) in [4.78, 5) is 0. The molecule has 14 heavy (non-hydrogen) atoms. The monoisotopic (exact) mass is 205 g/mol. The number of fused-ring (bicyclic) bond motifs is 1. The summed E-state index contributed by atoms with van der Waals surface area (Å²) in [5.74, 6) is 0.578. The molecule has 0 bridgehead atoms. The van der Waals surface area contributed by atoms with E-state index >= 15 is 0 Å². The molecule has 0 spiro atoms. The summed E-state index contributed by atoms with van der Waals surface area (Å²) in [6.45, 7) is 8.79. The van der Waals surface area contributed by atoms with Gasteiger partial charge in [-0.2, -0.15) is 4.37 Å². The van der Waals surface area contributed by atoms with Crippen molar-refractivity contribution in [1.82, 2.24) is 4.37 Å². The second-order valence-electron chi connectivity index (χ2n) is 4.09. The van der Waals surface area contributed by atoms with E-state index in [4.69, 9.17) is 0 Å². The minimum Gasteiger partial charge on any atom is -0.197 e. The number of rotatable bonds is 1. The number of aryl methyl sites for hydroxylation is 2. The first-order chi connectivity index (χ1) is 6.61. The molecule has 0 saturated carbocycles. The molecule has 0 N–H and O–H groups in total. The molecule has 0 aliphatic rings. The summed E-state index contributed by atoms with van der Waals surface area (Å²) < 4.78 is 5.74. The number of benzene rings is 1. The maximum atomic E-state index is 4.42. The third kappa shape index (κ3) is 1.34. The average Bonchev–Trinajstić information content (AvgIpc) is 2.47. The van der Waals surface area contributed by atoms with Gasteiger partial charge in [0.15, 0.2) is 0 Å². The van der Waals surface area contributed by atoms with E-state index in [0.717, 1.165) is 0 Å². The highest BCUT2D eigenvalue weighted by Gasteiger charge is 2.12. The van der Waals surface area contributed by atoms with Gasteiger partial charge in [0, 0.05) is 5.39 Å². The molecule has 2 heteroatoms. The van der Waals surface area contributed by atoms with Crippen molar-refractivity contribution in [2.75, 3.05) is 0 Å². The van der Waals surface area contributed by atoms with E-state index in [1.165, 1.54) is 26.9 Å². The van der Waals surface area contributed by atoms with Crippen LogP contribution in [0.4, 0.5) is 0 Å². The Hall–Kier alpha value is -0.890. The lowest BCUT2D eigenvalue weighted by molar-refractivity contribution is 0.866. The van der Waals surface area contributed by atoms with E-state index in [9.17, 15) is 0 Å². The van der Waals surface area contributed by atoms with Crippen molar-refractivity contribution in [3.05, 3.63) is 29.0 Å². The molecule has 0 fully saturated rings. The van der Waals surface area contributed by atoms with Crippen LogP contribution in [0.25, 0.3) is 10.1 Å². The number of nitrogens with zero attached hydrogens (tertiary/aromatic N) is 1. The van der Waals surface area contributed by atoms with E-state index in [1.807, 2.05) is 0 Å². The maximum absolute atomic E-state index is 4.42. The molecule has 0 unspecified atom stereocenters. The average molecular weight is 205 g/mol. The van der Waals surface area contributed by atoms with Gasteiger partial charge in [-0.15, -0.1) is 0 Å². The smallest absolute Gasteiger partial charge is 0.0592 e. The van der Waals surface area contributed by atoms with Crippen LogP contribution in [-0.2, 0) is 0 Å². The summed E-state index contributed by atoms with van der Waals surface area (Å²) in [5.41, 5.74) is 4.03. The van der Waals surface area contributed by atoms with Crippen LogP contribution in [0.5, 0.6) is 0 Å². The highest BCUT2D eigenvalue weighted by Crippen LogP contribution is 2.32. The van der Waals surface area contributed by atoms with Crippen LogP contribution in [0.3, 0.4) is 0 Å². The van der Waals surface area contributed by atoms with Crippen LogP contribution < -0.4 is 0 Å². The second-order valence-corrected chi connectivity index (χ2v) is 4.90. The maximum Gasteiger partial charge on any atom is 0.0592 e. The SMILES string of the molecule is Cc1ccc2snc(C)c2c1C(C)C. The molecule has 1 aromatic heterocycles. The van der Waals surface area contributed by atoms with Gasteiger partial charge in [-0.25, -0.2) is 0 Å². The molecular weight excluding hydrogens is 190 g/mol. The lowest BCUT2D eigenvalue weighted by atomic mass is 9.94. The normalized spacial score (nSPS) is 11.5. The molecule has 2 aromatic rings. The molecule has 0 aliphatic carbocycles. The Labute approximate surface area is 88.9 Å². The van der Waals surface area contributed by atoms with Crippen LogP contribution in [-0.4, -0.2) is 4.37 Å². The van der Waals surface area contributed by atoms with Crippen molar-refractivity contribution < 1.29 is 0 Å². The van der Waals surface area contributed by atoms with Crippen LogP contribution in [0.2, 0.25) is 0 Å². The van der Waals surface area contributed by atoms with Crippen molar-refractivity contribution in [3.8, 4) is 0 Å². The Bertz CT molecular complexity index is 468. The molecule has 2 rings (SSSR count). The fourth-order valence-corrected chi connectivity index (χ4v) is 2.86. The Morgan fingerprint density at radius 2 is 1.93 bits per heavy atom. The minimum absolute atomic E-state index is 0.578. The molecule has 0 saturated heterocycles. The quantitative estimate of drug-likeness (QED) is 0.684. The van der Waals surface area contributed by atoms with Gasteiger partial charge >= 0.3 is 0 Å². The number of aromatic nitrogens is 1. The van der Waals surface area contributed by atoms with Gasteiger partial charge in [0.2, 0.25) is 0 Å². The zero-order valence-electron chi connectivity index (χ0n) is 9.09. The van der Waals surface area contributed by atoms with E-state index in [-0.39, 0.29) is 0 Å². The van der Waals surface area contributed by atoms with Gasteiger partial charge in [0.05, 0.1) is 10.4 Å². The van der Waals surface area contributed by atoms with Gasteiger partial charge < -0.3 is 0 Å².